The predicted molar refractivity (Wildman–Crippen MR) is 47.0 cm³/mol. The van der Waals surface area contributed by atoms with Crippen molar-refractivity contribution in [2.24, 2.45) is 0 Å². The van der Waals surface area contributed by atoms with Crippen LogP contribution in [0, 0.1) is 11.3 Å². The van der Waals surface area contributed by atoms with E-state index in [9.17, 15) is 0 Å². The number of hydrogen-bond acceptors (Lipinski definition) is 3. The lowest BCUT2D eigenvalue weighted by atomic mass is 10.1. The summed E-state index contributed by atoms with van der Waals surface area (Å²) in [7, 11) is 0. The zero-order chi connectivity index (χ0) is 8.10. The van der Waals surface area contributed by atoms with Crippen LogP contribution in [0.15, 0.2) is 24.3 Å². The van der Waals surface area contributed by atoms with Crippen molar-refractivity contribution in [1.82, 2.24) is 4.72 Å². The van der Waals surface area contributed by atoms with Gasteiger partial charge in [0.1, 0.15) is 0 Å². The largest absolute Gasteiger partial charge is 0.262 e. The minimum Gasteiger partial charge on any atom is -0.262 e. The number of hydrogen-bond donors (Lipinski definition) is 2. The smallest absolute Gasteiger partial charge is 0.0995 e. The third kappa shape index (κ3) is 1.97. The van der Waals surface area contributed by atoms with Crippen molar-refractivity contribution < 1.29 is 0 Å². The number of rotatable bonds is 2. The van der Waals surface area contributed by atoms with Crippen molar-refractivity contribution in [3.63, 3.8) is 0 Å². The number of benzene rings is 1. The van der Waals surface area contributed by atoms with Crippen LogP contribution >= 0.6 is 12.8 Å². The summed E-state index contributed by atoms with van der Waals surface area (Å²) < 4.78 is 2.70. The summed E-state index contributed by atoms with van der Waals surface area (Å²) in [5.41, 5.74) is 1.68. The van der Waals surface area contributed by atoms with Crippen LogP contribution in [0.25, 0.3) is 0 Å². The maximum absolute atomic E-state index is 8.64. The minimum absolute atomic E-state index is 0.618. The lowest BCUT2D eigenvalue weighted by Gasteiger charge is -1.99. The molecule has 0 aromatic heterocycles. The van der Waals surface area contributed by atoms with Gasteiger partial charge >= 0.3 is 0 Å². The standard InChI is InChI=1S/C8H8N2S/c9-5-7-3-1-2-4-8(7)6-10-11/h1-4,10-11H,6H2. The van der Waals surface area contributed by atoms with Crippen molar-refractivity contribution in [1.29, 1.82) is 5.26 Å². The molecule has 56 valence electrons. The van der Waals surface area contributed by atoms with Gasteiger partial charge in [-0.25, -0.2) is 0 Å². The molecule has 1 aromatic carbocycles. The Morgan fingerprint density at radius 3 is 2.82 bits per heavy atom. The predicted octanol–water partition coefficient (Wildman–Crippen LogP) is 1.49. The number of nitrogens with zero attached hydrogens (tertiary/aromatic N) is 1. The average molecular weight is 164 g/mol. The topological polar surface area (TPSA) is 35.8 Å². The molecule has 11 heavy (non-hydrogen) atoms. The molecule has 0 atom stereocenters. The van der Waals surface area contributed by atoms with E-state index < -0.39 is 0 Å². The zero-order valence-electron chi connectivity index (χ0n) is 5.91. The van der Waals surface area contributed by atoms with Gasteiger partial charge in [-0.15, -0.1) is 0 Å². The summed E-state index contributed by atoms with van der Waals surface area (Å²) in [5.74, 6) is 0. The van der Waals surface area contributed by atoms with Gasteiger partial charge in [-0.3, -0.25) is 4.72 Å². The third-order valence-electron chi connectivity index (χ3n) is 1.41. The molecule has 0 aliphatic rings. The molecule has 0 saturated carbocycles. The lowest BCUT2D eigenvalue weighted by molar-refractivity contribution is 0.980. The number of nitriles is 1. The van der Waals surface area contributed by atoms with Crippen LogP contribution in [0.4, 0.5) is 0 Å². The zero-order valence-corrected chi connectivity index (χ0v) is 6.81. The summed E-state index contributed by atoms with van der Waals surface area (Å²) >= 11 is 3.86. The van der Waals surface area contributed by atoms with Gasteiger partial charge in [-0.05, 0) is 11.6 Å². The lowest BCUT2D eigenvalue weighted by Crippen LogP contribution is -2.00. The maximum Gasteiger partial charge on any atom is 0.0995 e. The molecular weight excluding hydrogens is 156 g/mol. The van der Waals surface area contributed by atoms with Crippen LogP contribution < -0.4 is 4.72 Å². The van der Waals surface area contributed by atoms with Crippen molar-refractivity contribution in [2.45, 2.75) is 6.54 Å². The highest BCUT2D eigenvalue weighted by atomic mass is 32.1. The first-order valence-electron chi connectivity index (χ1n) is 3.23. The van der Waals surface area contributed by atoms with Crippen LogP contribution in [0.5, 0.6) is 0 Å². The molecule has 0 aliphatic heterocycles. The summed E-state index contributed by atoms with van der Waals surface area (Å²) in [5, 5.41) is 8.64. The van der Waals surface area contributed by atoms with Gasteiger partial charge in [0.2, 0.25) is 0 Å². The van der Waals surface area contributed by atoms with Gasteiger partial charge in [0, 0.05) is 6.54 Å². The van der Waals surface area contributed by atoms with E-state index in [2.05, 4.69) is 23.6 Å². The van der Waals surface area contributed by atoms with Crippen molar-refractivity contribution in [2.75, 3.05) is 0 Å². The van der Waals surface area contributed by atoms with E-state index in [1.54, 1.807) is 6.07 Å². The molecule has 0 heterocycles. The molecule has 0 aliphatic carbocycles. The molecule has 0 fully saturated rings. The molecule has 0 saturated heterocycles. The van der Waals surface area contributed by atoms with Gasteiger partial charge in [0.15, 0.2) is 0 Å². The fourth-order valence-electron chi connectivity index (χ4n) is 0.869. The molecule has 0 bridgehead atoms. The first-order chi connectivity index (χ1) is 5.38. The van der Waals surface area contributed by atoms with E-state index in [0.29, 0.717) is 12.1 Å². The molecule has 1 rings (SSSR count). The van der Waals surface area contributed by atoms with Crippen LogP contribution in [0.1, 0.15) is 11.1 Å². The summed E-state index contributed by atoms with van der Waals surface area (Å²) in [6, 6.07) is 9.55. The Morgan fingerprint density at radius 1 is 1.45 bits per heavy atom. The maximum atomic E-state index is 8.64. The molecule has 0 amide bonds. The van der Waals surface area contributed by atoms with E-state index in [1.807, 2.05) is 18.2 Å². The Bertz CT molecular complexity index is 278. The first-order valence-corrected chi connectivity index (χ1v) is 3.68. The van der Waals surface area contributed by atoms with Crippen LogP contribution in [-0.2, 0) is 6.54 Å². The van der Waals surface area contributed by atoms with Gasteiger partial charge in [0.25, 0.3) is 0 Å². The normalized spacial score (nSPS) is 9.09. The monoisotopic (exact) mass is 164 g/mol. The SMILES string of the molecule is N#Cc1ccccc1CNS. The highest BCUT2D eigenvalue weighted by Crippen LogP contribution is 2.06. The molecule has 1 aromatic rings. The number of nitrogens with one attached hydrogen (secondary N) is 1. The molecule has 2 nitrogen and oxygen atoms in total. The Kier molecular flexibility index (Phi) is 2.96. The van der Waals surface area contributed by atoms with Crippen LogP contribution in [0.2, 0.25) is 0 Å². The van der Waals surface area contributed by atoms with Crippen molar-refractivity contribution >= 4 is 12.8 Å². The molecular formula is C8H8N2S. The average Bonchev–Trinajstić information content (AvgIpc) is 2.06. The summed E-state index contributed by atoms with van der Waals surface area (Å²) in [4.78, 5) is 0. The highest BCUT2D eigenvalue weighted by molar-refractivity contribution is 7.78. The molecule has 0 spiro atoms. The van der Waals surface area contributed by atoms with Gasteiger partial charge in [0.05, 0.1) is 11.6 Å². The Balaban J connectivity index is 2.95. The van der Waals surface area contributed by atoms with Gasteiger partial charge < -0.3 is 0 Å². The first kappa shape index (κ1) is 8.12. The van der Waals surface area contributed by atoms with E-state index in [4.69, 9.17) is 5.26 Å². The minimum atomic E-state index is 0.618. The van der Waals surface area contributed by atoms with E-state index in [1.165, 1.54) is 0 Å². The fourth-order valence-corrected chi connectivity index (χ4v) is 1.04. The van der Waals surface area contributed by atoms with Crippen molar-refractivity contribution in [3.8, 4) is 6.07 Å². The summed E-state index contributed by atoms with van der Waals surface area (Å²) in [6.45, 7) is 0.618. The Morgan fingerprint density at radius 2 is 2.18 bits per heavy atom. The second-order valence-corrected chi connectivity index (χ2v) is 2.42. The Labute approximate surface area is 71.4 Å². The second kappa shape index (κ2) is 4.02. The molecule has 1 N–H and O–H groups in total. The van der Waals surface area contributed by atoms with Gasteiger partial charge in [-0.2, -0.15) is 5.26 Å². The molecule has 3 heteroatoms. The number of thiol groups is 1. The highest BCUT2D eigenvalue weighted by Gasteiger charge is 1.96. The quantitative estimate of drug-likeness (QED) is 0.650. The summed E-state index contributed by atoms with van der Waals surface area (Å²) in [6.07, 6.45) is 0. The second-order valence-electron chi connectivity index (χ2n) is 2.10. The molecule has 0 unspecified atom stereocenters. The third-order valence-corrected chi connectivity index (χ3v) is 1.57. The van der Waals surface area contributed by atoms with Crippen LogP contribution in [-0.4, -0.2) is 0 Å². The fraction of sp³-hybridized carbons (Fsp3) is 0.125. The van der Waals surface area contributed by atoms with Gasteiger partial charge in [-0.1, -0.05) is 31.0 Å². The van der Waals surface area contributed by atoms with Crippen LogP contribution in [0.3, 0.4) is 0 Å². The van der Waals surface area contributed by atoms with E-state index in [-0.39, 0.29) is 0 Å². The Hall–Kier alpha value is -0.980. The molecule has 0 radical (unpaired) electrons. The van der Waals surface area contributed by atoms with E-state index >= 15 is 0 Å². The van der Waals surface area contributed by atoms with E-state index in [0.717, 1.165) is 5.56 Å². The van der Waals surface area contributed by atoms with Crippen molar-refractivity contribution in [3.05, 3.63) is 35.4 Å².